The lowest BCUT2D eigenvalue weighted by atomic mass is 10.1. The Morgan fingerprint density at radius 3 is 2.52 bits per heavy atom. The molecule has 0 spiro atoms. The zero-order chi connectivity index (χ0) is 18.8. The van der Waals surface area contributed by atoms with Crippen LogP contribution in [0.15, 0.2) is 18.2 Å². The molecule has 0 unspecified atom stereocenters. The average Bonchev–Trinajstić information content (AvgIpc) is 2.71. The third-order valence-electron chi connectivity index (χ3n) is 3.76. The minimum Gasteiger partial charge on any atom is -0.454 e. The van der Waals surface area contributed by atoms with E-state index in [1.54, 1.807) is 0 Å². The lowest BCUT2D eigenvalue weighted by molar-refractivity contribution is -0.150. The number of aryl methyl sites for hydroxylation is 2. The van der Waals surface area contributed by atoms with Crippen LogP contribution in [0.5, 0.6) is 0 Å². The average molecular weight is 347 g/mol. The number of imide groups is 1. The van der Waals surface area contributed by atoms with Crippen molar-refractivity contribution >= 4 is 29.5 Å². The van der Waals surface area contributed by atoms with Crippen LogP contribution in [0.4, 0.5) is 10.5 Å². The number of hydrogen-bond acceptors (Lipinski definition) is 5. The van der Waals surface area contributed by atoms with E-state index in [0.29, 0.717) is 5.69 Å². The van der Waals surface area contributed by atoms with Gasteiger partial charge < -0.3 is 15.4 Å². The molecule has 0 bridgehead atoms. The zero-order valence-corrected chi connectivity index (χ0v) is 14.6. The zero-order valence-electron chi connectivity index (χ0n) is 14.6. The van der Waals surface area contributed by atoms with Gasteiger partial charge in [0.1, 0.15) is 12.1 Å². The van der Waals surface area contributed by atoms with Crippen molar-refractivity contribution in [3.8, 4) is 0 Å². The molecule has 134 valence electrons. The Balaban J connectivity index is 1.86. The monoisotopic (exact) mass is 347 g/mol. The maximum atomic E-state index is 12.0. The minimum atomic E-state index is -1.06. The molecule has 1 aliphatic heterocycles. The van der Waals surface area contributed by atoms with E-state index >= 15 is 0 Å². The van der Waals surface area contributed by atoms with Gasteiger partial charge in [-0.3, -0.25) is 19.3 Å². The van der Waals surface area contributed by atoms with Gasteiger partial charge in [-0.2, -0.15) is 0 Å². The highest BCUT2D eigenvalue weighted by atomic mass is 16.5. The number of carbonyl (C=O) groups excluding carboxylic acids is 4. The summed E-state index contributed by atoms with van der Waals surface area (Å²) >= 11 is 0. The summed E-state index contributed by atoms with van der Waals surface area (Å²) in [5.74, 6) is -1.86. The smallest absolute Gasteiger partial charge is 0.326 e. The summed E-state index contributed by atoms with van der Waals surface area (Å²) in [7, 11) is 0. The van der Waals surface area contributed by atoms with Gasteiger partial charge in [0.15, 0.2) is 6.61 Å². The fraction of sp³-hybridized carbons (Fsp3) is 0.412. The van der Waals surface area contributed by atoms with Gasteiger partial charge in [0.25, 0.3) is 11.8 Å². The number of amides is 4. The number of rotatable bonds is 5. The maximum absolute atomic E-state index is 12.0. The molecule has 1 aromatic rings. The molecule has 0 saturated carbocycles. The number of hydrogen-bond donors (Lipinski definition) is 2. The normalized spacial score (nSPS) is 15.8. The van der Waals surface area contributed by atoms with Gasteiger partial charge in [0.05, 0.1) is 0 Å². The van der Waals surface area contributed by atoms with Crippen molar-refractivity contribution in [2.75, 3.05) is 18.5 Å². The number of benzene rings is 1. The highest BCUT2D eigenvalue weighted by Gasteiger charge is 2.45. The molecule has 4 amide bonds. The van der Waals surface area contributed by atoms with Crippen LogP contribution in [0.2, 0.25) is 0 Å². The lowest BCUT2D eigenvalue weighted by Crippen LogP contribution is -2.41. The van der Waals surface area contributed by atoms with Crippen molar-refractivity contribution in [1.29, 1.82) is 0 Å². The SMILES string of the molecule is Cc1ccc(C)c(NC(=O)COC(=O)CN2C(=O)NC(C)(C)C2=O)c1. The van der Waals surface area contributed by atoms with Crippen LogP contribution in [0.3, 0.4) is 0 Å². The van der Waals surface area contributed by atoms with E-state index in [1.807, 2.05) is 32.0 Å². The molecule has 0 aliphatic carbocycles. The maximum Gasteiger partial charge on any atom is 0.326 e. The molecule has 8 heteroatoms. The first kappa shape index (κ1) is 18.4. The van der Waals surface area contributed by atoms with Gasteiger partial charge in [-0.15, -0.1) is 0 Å². The predicted octanol–water partition coefficient (Wildman–Crippen LogP) is 1.12. The Morgan fingerprint density at radius 1 is 1.24 bits per heavy atom. The topological polar surface area (TPSA) is 105 Å². The molecule has 1 fully saturated rings. The van der Waals surface area contributed by atoms with Crippen LogP contribution in [0.1, 0.15) is 25.0 Å². The van der Waals surface area contributed by atoms with Crippen molar-refractivity contribution in [2.45, 2.75) is 33.2 Å². The van der Waals surface area contributed by atoms with Gasteiger partial charge >= 0.3 is 12.0 Å². The van der Waals surface area contributed by atoms with Crippen molar-refractivity contribution in [3.63, 3.8) is 0 Å². The number of nitrogens with zero attached hydrogens (tertiary/aromatic N) is 1. The highest BCUT2D eigenvalue weighted by Crippen LogP contribution is 2.17. The quantitative estimate of drug-likeness (QED) is 0.613. The lowest BCUT2D eigenvalue weighted by Gasteiger charge is -2.15. The Morgan fingerprint density at radius 2 is 1.92 bits per heavy atom. The van der Waals surface area contributed by atoms with E-state index in [4.69, 9.17) is 4.74 Å². The molecule has 0 aromatic heterocycles. The number of anilines is 1. The van der Waals surface area contributed by atoms with Crippen molar-refractivity contribution < 1.29 is 23.9 Å². The van der Waals surface area contributed by atoms with Crippen molar-refractivity contribution in [1.82, 2.24) is 10.2 Å². The fourth-order valence-corrected chi connectivity index (χ4v) is 2.34. The third kappa shape index (κ3) is 4.34. The first-order chi connectivity index (χ1) is 11.6. The highest BCUT2D eigenvalue weighted by molar-refractivity contribution is 6.08. The number of urea groups is 1. The summed E-state index contributed by atoms with van der Waals surface area (Å²) in [5, 5.41) is 5.11. The Bertz CT molecular complexity index is 742. The Labute approximate surface area is 145 Å². The first-order valence-corrected chi connectivity index (χ1v) is 7.77. The number of ether oxygens (including phenoxy) is 1. The molecule has 0 atom stereocenters. The second-order valence-electron chi connectivity index (χ2n) is 6.47. The molecule has 2 rings (SSSR count). The van der Waals surface area contributed by atoms with Crippen LogP contribution >= 0.6 is 0 Å². The second-order valence-corrected chi connectivity index (χ2v) is 6.47. The van der Waals surface area contributed by atoms with E-state index in [9.17, 15) is 19.2 Å². The predicted molar refractivity (Wildman–Crippen MR) is 89.8 cm³/mol. The summed E-state index contributed by atoms with van der Waals surface area (Å²) in [5.41, 5.74) is 1.44. The van der Waals surface area contributed by atoms with Crippen LogP contribution in [-0.2, 0) is 19.1 Å². The van der Waals surface area contributed by atoms with Gasteiger partial charge in [-0.05, 0) is 44.9 Å². The minimum absolute atomic E-state index is 0.500. The molecule has 0 radical (unpaired) electrons. The third-order valence-corrected chi connectivity index (χ3v) is 3.76. The standard InChI is InChI=1S/C17H21N3O5/c1-10-5-6-11(2)12(7-10)18-13(21)9-25-14(22)8-20-15(23)17(3,4)19-16(20)24/h5-7H,8-9H2,1-4H3,(H,18,21)(H,19,24). The van der Waals surface area contributed by atoms with E-state index in [2.05, 4.69) is 10.6 Å². The van der Waals surface area contributed by atoms with Crippen LogP contribution in [0.25, 0.3) is 0 Å². The summed E-state index contributed by atoms with van der Waals surface area (Å²) in [4.78, 5) is 48.1. The summed E-state index contributed by atoms with van der Waals surface area (Å²) < 4.78 is 4.85. The Hall–Kier alpha value is -2.90. The second kappa shape index (κ2) is 6.92. The fourth-order valence-electron chi connectivity index (χ4n) is 2.34. The van der Waals surface area contributed by atoms with Crippen molar-refractivity contribution in [3.05, 3.63) is 29.3 Å². The van der Waals surface area contributed by atoms with Gasteiger partial charge in [-0.25, -0.2) is 4.79 Å². The summed E-state index contributed by atoms with van der Waals surface area (Å²) in [6.07, 6.45) is 0. The number of esters is 1. The van der Waals surface area contributed by atoms with Crippen molar-refractivity contribution in [2.24, 2.45) is 0 Å². The van der Waals surface area contributed by atoms with Crippen LogP contribution in [0, 0.1) is 13.8 Å². The van der Waals surface area contributed by atoms with E-state index in [1.165, 1.54) is 13.8 Å². The number of carbonyl (C=O) groups is 4. The van der Waals surface area contributed by atoms with Gasteiger partial charge in [0, 0.05) is 5.69 Å². The molecule has 1 heterocycles. The van der Waals surface area contributed by atoms with E-state index < -0.39 is 42.5 Å². The number of nitrogens with one attached hydrogen (secondary N) is 2. The molecule has 1 saturated heterocycles. The first-order valence-electron chi connectivity index (χ1n) is 7.77. The molecule has 8 nitrogen and oxygen atoms in total. The van der Waals surface area contributed by atoms with Gasteiger partial charge in [-0.1, -0.05) is 12.1 Å². The summed E-state index contributed by atoms with van der Waals surface area (Å²) in [6.45, 7) is 5.78. The molecule has 1 aliphatic rings. The Kier molecular flexibility index (Phi) is 5.10. The molecule has 1 aromatic carbocycles. The van der Waals surface area contributed by atoms with E-state index in [0.717, 1.165) is 16.0 Å². The summed E-state index contributed by atoms with van der Waals surface area (Å²) in [6, 6.07) is 4.94. The largest absolute Gasteiger partial charge is 0.454 e. The molecular formula is C17H21N3O5. The van der Waals surface area contributed by atoms with Crippen LogP contribution < -0.4 is 10.6 Å². The van der Waals surface area contributed by atoms with Gasteiger partial charge in [0.2, 0.25) is 0 Å². The van der Waals surface area contributed by atoms with E-state index in [-0.39, 0.29) is 0 Å². The van der Waals surface area contributed by atoms with Crippen LogP contribution in [-0.4, -0.2) is 47.4 Å². The molecule has 2 N–H and O–H groups in total. The molecule has 25 heavy (non-hydrogen) atoms. The molecular weight excluding hydrogens is 326 g/mol.